The molecule has 1 heterocycles. The molecule has 0 aliphatic rings. The molecule has 2 aromatic rings. The van der Waals surface area contributed by atoms with Crippen LogP contribution in [0.3, 0.4) is 0 Å². The van der Waals surface area contributed by atoms with E-state index < -0.39 is 0 Å². The number of hydrogen-bond donors (Lipinski definition) is 1. The van der Waals surface area contributed by atoms with Crippen molar-refractivity contribution in [2.24, 2.45) is 0 Å². The van der Waals surface area contributed by atoms with Crippen molar-refractivity contribution in [3.63, 3.8) is 0 Å². The molecule has 0 amide bonds. The number of aromatic nitrogens is 2. The maximum Gasteiger partial charge on any atom is 0.161 e. The van der Waals surface area contributed by atoms with Gasteiger partial charge in [0, 0.05) is 28.3 Å². The highest BCUT2D eigenvalue weighted by Crippen LogP contribution is 2.27. The predicted octanol–water partition coefficient (Wildman–Crippen LogP) is 4.91. The van der Waals surface area contributed by atoms with Crippen LogP contribution in [0.25, 0.3) is 11.4 Å². The lowest BCUT2D eigenvalue weighted by atomic mass is 10.1. The van der Waals surface area contributed by atoms with E-state index in [-0.39, 0.29) is 0 Å². The SMILES string of the molecule is CCCc1cc(NCC)nc(-c2cc(C)c(Br)c(C)c2)n1. The van der Waals surface area contributed by atoms with Crippen molar-refractivity contribution < 1.29 is 0 Å². The van der Waals surface area contributed by atoms with Crippen molar-refractivity contribution in [1.29, 1.82) is 0 Å². The fraction of sp³-hybridized carbons (Fsp3) is 0.412. The Bertz CT molecular complexity index is 591. The molecular weight excluding hydrogens is 326 g/mol. The topological polar surface area (TPSA) is 37.8 Å². The molecule has 112 valence electrons. The van der Waals surface area contributed by atoms with Gasteiger partial charge in [0.2, 0.25) is 0 Å². The van der Waals surface area contributed by atoms with Crippen molar-refractivity contribution in [3.05, 3.63) is 39.5 Å². The lowest BCUT2D eigenvalue weighted by molar-refractivity contribution is 0.875. The van der Waals surface area contributed by atoms with Crippen LogP contribution in [-0.2, 0) is 6.42 Å². The smallest absolute Gasteiger partial charge is 0.161 e. The van der Waals surface area contributed by atoms with E-state index in [0.717, 1.165) is 46.8 Å². The average molecular weight is 348 g/mol. The third-order valence-electron chi connectivity index (χ3n) is 3.34. The summed E-state index contributed by atoms with van der Waals surface area (Å²) in [6.07, 6.45) is 2.06. The number of benzene rings is 1. The minimum absolute atomic E-state index is 0.801. The summed E-state index contributed by atoms with van der Waals surface area (Å²) in [5.74, 6) is 1.71. The Labute approximate surface area is 135 Å². The zero-order valence-corrected chi connectivity index (χ0v) is 14.7. The molecule has 0 fully saturated rings. The Kier molecular flexibility index (Phi) is 5.34. The van der Waals surface area contributed by atoms with Crippen LogP contribution in [0.15, 0.2) is 22.7 Å². The van der Waals surface area contributed by atoms with Gasteiger partial charge in [0.1, 0.15) is 5.82 Å². The van der Waals surface area contributed by atoms with Gasteiger partial charge in [-0.2, -0.15) is 0 Å². The first-order chi connectivity index (χ1) is 10.0. The van der Waals surface area contributed by atoms with Crippen LogP contribution in [0.5, 0.6) is 0 Å². The summed E-state index contributed by atoms with van der Waals surface area (Å²) in [7, 11) is 0. The van der Waals surface area contributed by atoms with Crippen LogP contribution in [0.2, 0.25) is 0 Å². The molecule has 1 N–H and O–H groups in total. The van der Waals surface area contributed by atoms with Crippen molar-refractivity contribution in [2.45, 2.75) is 40.5 Å². The molecular formula is C17H22BrN3. The van der Waals surface area contributed by atoms with Crippen LogP contribution >= 0.6 is 15.9 Å². The van der Waals surface area contributed by atoms with Gasteiger partial charge in [0.15, 0.2) is 5.82 Å². The highest BCUT2D eigenvalue weighted by molar-refractivity contribution is 9.10. The van der Waals surface area contributed by atoms with Crippen LogP contribution in [0.4, 0.5) is 5.82 Å². The molecule has 21 heavy (non-hydrogen) atoms. The summed E-state index contributed by atoms with van der Waals surface area (Å²) in [5.41, 5.74) is 4.58. The summed E-state index contributed by atoms with van der Waals surface area (Å²) in [5, 5.41) is 3.30. The zero-order valence-electron chi connectivity index (χ0n) is 13.1. The van der Waals surface area contributed by atoms with E-state index in [1.165, 1.54) is 11.1 Å². The first-order valence-electron chi connectivity index (χ1n) is 7.44. The summed E-state index contributed by atoms with van der Waals surface area (Å²) in [6.45, 7) is 9.31. The van der Waals surface area contributed by atoms with E-state index in [4.69, 9.17) is 4.98 Å². The lowest BCUT2D eigenvalue weighted by Gasteiger charge is -2.11. The molecule has 0 unspecified atom stereocenters. The Hall–Kier alpha value is -1.42. The van der Waals surface area contributed by atoms with Gasteiger partial charge in [-0.1, -0.05) is 29.3 Å². The van der Waals surface area contributed by atoms with Crippen LogP contribution in [0.1, 0.15) is 37.1 Å². The maximum atomic E-state index is 4.72. The number of aryl methyl sites for hydroxylation is 3. The fourth-order valence-corrected chi connectivity index (χ4v) is 2.59. The highest BCUT2D eigenvalue weighted by atomic mass is 79.9. The van der Waals surface area contributed by atoms with Gasteiger partial charge in [-0.3, -0.25) is 0 Å². The lowest BCUT2D eigenvalue weighted by Crippen LogP contribution is -2.04. The quantitative estimate of drug-likeness (QED) is 0.834. The summed E-state index contributed by atoms with van der Waals surface area (Å²) in [4.78, 5) is 9.37. The fourth-order valence-electron chi connectivity index (χ4n) is 2.36. The minimum Gasteiger partial charge on any atom is -0.370 e. The maximum absolute atomic E-state index is 4.72. The molecule has 0 saturated carbocycles. The molecule has 0 aliphatic carbocycles. The first kappa shape index (κ1) is 16.0. The van der Waals surface area contributed by atoms with Gasteiger partial charge in [-0.15, -0.1) is 0 Å². The number of rotatable bonds is 5. The second-order valence-corrected chi connectivity index (χ2v) is 6.07. The first-order valence-corrected chi connectivity index (χ1v) is 8.23. The van der Waals surface area contributed by atoms with Crippen LogP contribution in [-0.4, -0.2) is 16.5 Å². The molecule has 0 saturated heterocycles. The third kappa shape index (κ3) is 3.82. The van der Waals surface area contributed by atoms with E-state index in [2.05, 4.69) is 72.1 Å². The Morgan fingerprint density at radius 3 is 2.29 bits per heavy atom. The number of nitrogens with zero attached hydrogens (tertiary/aromatic N) is 2. The Morgan fingerprint density at radius 2 is 1.71 bits per heavy atom. The highest BCUT2D eigenvalue weighted by Gasteiger charge is 2.09. The number of halogens is 1. The molecule has 2 rings (SSSR count). The summed E-state index contributed by atoms with van der Waals surface area (Å²) in [6, 6.07) is 6.32. The van der Waals surface area contributed by atoms with E-state index in [1.807, 2.05) is 0 Å². The molecule has 0 bridgehead atoms. The molecule has 4 heteroatoms. The van der Waals surface area contributed by atoms with Gasteiger partial charge in [0.25, 0.3) is 0 Å². The molecule has 0 radical (unpaired) electrons. The normalized spacial score (nSPS) is 10.7. The molecule has 3 nitrogen and oxygen atoms in total. The van der Waals surface area contributed by atoms with Crippen molar-refractivity contribution in [1.82, 2.24) is 9.97 Å². The molecule has 0 aliphatic heterocycles. The second-order valence-electron chi connectivity index (χ2n) is 5.27. The van der Waals surface area contributed by atoms with Gasteiger partial charge in [-0.25, -0.2) is 9.97 Å². The van der Waals surface area contributed by atoms with E-state index >= 15 is 0 Å². The Morgan fingerprint density at radius 1 is 1.05 bits per heavy atom. The third-order valence-corrected chi connectivity index (χ3v) is 4.59. The van der Waals surface area contributed by atoms with E-state index in [9.17, 15) is 0 Å². The summed E-state index contributed by atoms with van der Waals surface area (Å²) >= 11 is 3.61. The van der Waals surface area contributed by atoms with Crippen molar-refractivity contribution in [3.8, 4) is 11.4 Å². The van der Waals surface area contributed by atoms with Gasteiger partial charge in [-0.05, 0) is 50.5 Å². The molecule has 0 atom stereocenters. The van der Waals surface area contributed by atoms with Crippen molar-refractivity contribution >= 4 is 21.7 Å². The van der Waals surface area contributed by atoms with Gasteiger partial charge >= 0.3 is 0 Å². The van der Waals surface area contributed by atoms with Gasteiger partial charge < -0.3 is 5.32 Å². The monoisotopic (exact) mass is 347 g/mol. The van der Waals surface area contributed by atoms with Crippen LogP contribution < -0.4 is 5.32 Å². The largest absolute Gasteiger partial charge is 0.370 e. The van der Waals surface area contributed by atoms with Gasteiger partial charge in [0.05, 0.1) is 0 Å². The zero-order chi connectivity index (χ0) is 15.4. The number of anilines is 1. The molecule has 1 aromatic heterocycles. The number of hydrogen-bond acceptors (Lipinski definition) is 3. The van der Waals surface area contributed by atoms with Crippen molar-refractivity contribution in [2.75, 3.05) is 11.9 Å². The van der Waals surface area contributed by atoms with E-state index in [1.54, 1.807) is 0 Å². The second kappa shape index (κ2) is 7.03. The average Bonchev–Trinajstić information content (AvgIpc) is 2.44. The molecule has 0 spiro atoms. The Balaban J connectivity index is 2.51. The standard InChI is InChI=1S/C17H22BrN3/c1-5-7-14-10-15(19-6-2)21-17(20-14)13-8-11(3)16(18)12(4)9-13/h8-10H,5-7H2,1-4H3,(H,19,20,21). The number of nitrogens with one attached hydrogen (secondary N) is 1. The predicted molar refractivity (Wildman–Crippen MR) is 92.8 cm³/mol. The summed E-state index contributed by atoms with van der Waals surface area (Å²) < 4.78 is 1.16. The molecule has 1 aromatic carbocycles. The van der Waals surface area contributed by atoms with Crippen LogP contribution in [0, 0.1) is 13.8 Å². The minimum atomic E-state index is 0.801. The van der Waals surface area contributed by atoms with E-state index in [0.29, 0.717) is 0 Å².